The molecule has 1 heterocycles. The van der Waals surface area contributed by atoms with E-state index in [0.29, 0.717) is 5.71 Å². The molecule has 1 N–H and O–H groups in total. The van der Waals surface area contributed by atoms with Gasteiger partial charge in [-0.15, -0.1) is 0 Å². The zero-order chi connectivity index (χ0) is 18.0. The van der Waals surface area contributed by atoms with Gasteiger partial charge in [-0.25, -0.2) is 0 Å². The van der Waals surface area contributed by atoms with Crippen LogP contribution in [0.1, 0.15) is 5.56 Å². The second kappa shape index (κ2) is 7.81. The largest absolute Gasteiger partial charge is 0.497 e. The van der Waals surface area contributed by atoms with Gasteiger partial charge >= 0.3 is 3.92 Å². The first-order valence-electron chi connectivity index (χ1n) is 6.43. The number of hydrazine groups is 1. The minimum absolute atomic E-state index is 0.197. The van der Waals surface area contributed by atoms with Crippen molar-refractivity contribution in [3.05, 3.63) is 47.7 Å². The molecule has 10 heteroatoms. The summed E-state index contributed by atoms with van der Waals surface area (Å²) in [5, 5.41) is 5.12. The molecule has 0 saturated carbocycles. The Hall–Kier alpha value is -0.490. The van der Waals surface area contributed by atoms with Gasteiger partial charge in [0.25, 0.3) is 0 Å². The molecule has 0 fully saturated rings. The van der Waals surface area contributed by atoms with Gasteiger partial charge in [0.2, 0.25) is 3.79 Å². The summed E-state index contributed by atoms with van der Waals surface area (Å²) in [4.78, 5) is 0. The smallest absolute Gasteiger partial charge is 0.301 e. The number of ether oxygens (including phenoxy) is 1. The number of allylic oxidation sites excluding steroid dienone is 3. The number of alkyl halides is 6. The average Bonchev–Trinajstić information content (AvgIpc) is 2.51. The van der Waals surface area contributed by atoms with E-state index in [1.165, 1.54) is 0 Å². The van der Waals surface area contributed by atoms with Gasteiger partial charge in [0.15, 0.2) is 0 Å². The zero-order valence-corrected chi connectivity index (χ0v) is 16.6. The number of hydrogen-bond donors (Lipinski definition) is 1. The maximum Gasteiger partial charge on any atom is 0.301 e. The SMILES string of the molecule is COc1ccc(C=CC2=NN(C(Cl)(Cl)Cl)NC(C(Cl)(Cl)Cl)=C2)cc1. The standard InChI is InChI=1S/C14H11Cl6N3O/c1-24-11-6-3-9(4-7-11)2-5-10-8-12(13(15,16)17)22-23(21-10)14(18,19)20/h2-8,22H,1H3. The summed E-state index contributed by atoms with van der Waals surface area (Å²) in [6, 6.07) is 7.42. The molecule has 0 atom stereocenters. The van der Waals surface area contributed by atoms with Crippen LogP contribution < -0.4 is 10.2 Å². The van der Waals surface area contributed by atoms with E-state index in [1.54, 1.807) is 19.3 Å². The quantitative estimate of drug-likeness (QED) is 0.491. The van der Waals surface area contributed by atoms with Crippen LogP contribution in [0.15, 0.2) is 47.2 Å². The van der Waals surface area contributed by atoms with E-state index in [9.17, 15) is 0 Å². The van der Waals surface area contributed by atoms with Crippen LogP contribution >= 0.6 is 69.6 Å². The summed E-state index contributed by atoms with van der Waals surface area (Å²) in [7, 11) is 1.60. The highest BCUT2D eigenvalue weighted by atomic mass is 35.6. The molecule has 1 aromatic carbocycles. The van der Waals surface area contributed by atoms with E-state index in [2.05, 4.69) is 10.5 Å². The highest BCUT2D eigenvalue weighted by Gasteiger charge is 2.36. The molecule has 4 nitrogen and oxygen atoms in total. The fourth-order valence-corrected chi connectivity index (χ4v) is 2.24. The van der Waals surface area contributed by atoms with Gasteiger partial charge in [0, 0.05) is 0 Å². The van der Waals surface area contributed by atoms with E-state index in [0.717, 1.165) is 16.4 Å². The molecular formula is C14H11Cl6N3O. The van der Waals surface area contributed by atoms with Crippen LogP contribution in [0.5, 0.6) is 5.75 Å². The van der Waals surface area contributed by atoms with Gasteiger partial charge < -0.3 is 4.74 Å². The van der Waals surface area contributed by atoms with E-state index >= 15 is 0 Å². The molecule has 0 bridgehead atoms. The number of nitrogens with zero attached hydrogens (tertiary/aromatic N) is 2. The summed E-state index contributed by atoms with van der Waals surface area (Å²) >= 11 is 35.2. The number of methoxy groups -OCH3 is 1. The Morgan fingerprint density at radius 2 is 1.67 bits per heavy atom. The lowest BCUT2D eigenvalue weighted by Gasteiger charge is -2.33. The van der Waals surface area contributed by atoms with Crippen molar-refractivity contribution in [2.24, 2.45) is 5.10 Å². The molecule has 0 unspecified atom stereocenters. The van der Waals surface area contributed by atoms with Crippen LogP contribution in [0.2, 0.25) is 0 Å². The van der Waals surface area contributed by atoms with Crippen molar-refractivity contribution in [3.63, 3.8) is 0 Å². The molecule has 1 aliphatic heterocycles. The maximum atomic E-state index is 5.89. The van der Waals surface area contributed by atoms with Crippen molar-refractivity contribution in [3.8, 4) is 5.75 Å². The van der Waals surface area contributed by atoms with Crippen molar-refractivity contribution in [1.29, 1.82) is 0 Å². The fraction of sp³-hybridized carbons (Fsp3) is 0.214. The van der Waals surface area contributed by atoms with Crippen molar-refractivity contribution in [2.75, 3.05) is 7.11 Å². The third kappa shape index (κ3) is 5.51. The molecule has 0 spiro atoms. The highest BCUT2D eigenvalue weighted by Crippen LogP contribution is 2.37. The first-order valence-corrected chi connectivity index (χ1v) is 8.69. The van der Waals surface area contributed by atoms with Gasteiger partial charge in [-0.2, -0.15) is 10.2 Å². The molecule has 0 saturated heterocycles. The van der Waals surface area contributed by atoms with E-state index < -0.39 is 7.71 Å². The number of hydrogen-bond acceptors (Lipinski definition) is 4. The monoisotopic (exact) mass is 447 g/mol. The summed E-state index contributed by atoms with van der Waals surface area (Å²) < 4.78 is 1.51. The van der Waals surface area contributed by atoms with Crippen LogP contribution in [0.4, 0.5) is 0 Å². The second-order valence-electron chi connectivity index (χ2n) is 4.58. The Labute approximate surface area is 169 Å². The van der Waals surface area contributed by atoms with Crippen molar-refractivity contribution >= 4 is 81.4 Å². The van der Waals surface area contributed by atoms with Crippen LogP contribution in [0.25, 0.3) is 6.08 Å². The number of hydrazone groups is 1. The molecule has 0 aromatic heterocycles. The Morgan fingerprint density at radius 1 is 1.04 bits per heavy atom. The lowest BCUT2D eigenvalue weighted by molar-refractivity contribution is 0.216. The van der Waals surface area contributed by atoms with Crippen LogP contribution in [-0.4, -0.2) is 25.6 Å². The lowest BCUT2D eigenvalue weighted by atomic mass is 10.1. The third-order valence-electron chi connectivity index (χ3n) is 2.84. The maximum absolute atomic E-state index is 5.89. The number of nitrogens with one attached hydrogen (secondary N) is 1. The number of halogens is 6. The normalized spacial score (nSPS) is 15.9. The first kappa shape index (κ1) is 19.8. The van der Waals surface area contributed by atoms with E-state index in [4.69, 9.17) is 74.3 Å². The van der Waals surface area contributed by atoms with Crippen LogP contribution in [0.3, 0.4) is 0 Å². The summed E-state index contributed by atoms with van der Waals surface area (Å²) in [6.45, 7) is 0. The summed E-state index contributed by atoms with van der Waals surface area (Å²) in [6.07, 6.45) is 5.05. The van der Waals surface area contributed by atoms with Crippen molar-refractivity contribution in [2.45, 2.75) is 7.71 Å². The minimum Gasteiger partial charge on any atom is -0.497 e. The summed E-state index contributed by atoms with van der Waals surface area (Å²) in [5.74, 6) is 0.757. The zero-order valence-electron chi connectivity index (χ0n) is 12.1. The van der Waals surface area contributed by atoms with Crippen molar-refractivity contribution in [1.82, 2.24) is 10.5 Å². The Morgan fingerprint density at radius 3 is 2.17 bits per heavy atom. The van der Waals surface area contributed by atoms with E-state index in [-0.39, 0.29) is 5.70 Å². The first-order chi connectivity index (χ1) is 11.1. The minimum atomic E-state index is -1.87. The Balaban J connectivity index is 2.28. The molecule has 1 aromatic rings. The van der Waals surface area contributed by atoms with Gasteiger partial charge in [0.05, 0.1) is 18.5 Å². The van der Waals surface area contributed by atoms with Crippen LogP contribution in [0, 0.1) is 0 Å². The molecule has 0 amide bonds. The average molecular weight is 450 g/mol. The van der Waals surface area contributed by atoms with Gasteiger partial charge in [-0.1, -0.05) is 87.8 Å². The molecule has 1 aliphatic rings. The lowest BCUT2D eigenvalue weighted by Crippen LogP contribution is -2.47. The number of benzene rings is 1. The topological polar surface area (TPSA) is 36.9 Å². The molecule has 130 valence electrons. The summed E-state index contributed by atoms with van der Waals surface area (Å²) in [5.41, 5.74) is 4.18. The molecule has 24 heavy (non-hydrogen) atoms. The fourth-order valence-electron chi connectivity index (χ4n) is 1.71. The molecule has 2 rings (SSSR count). The Bertz CT molecular complexity index is 673. The molecular weight excluding hydrogens is 439 g/mol. The van der Waals surface area contributed by atoms with Gasteiger partial charge in [-0.3, -0.25) is 5.43 Å². The van der Waals surface area contributed by atoms with Gasteiger partial charge in [0.1, 0.15) is 5.75 Å². The molecule has 0 aliphatic carbocycles. The predicted octanol–water partition coefficient (Wildman–Crippen LogP) is 5.47. The van der Waals surface area contributed by atoms with Crippen LogP contribution in [-0.2, 0) is 0 Å². The number of rotatable bonds is 3. The third-order valence-corrected chi connectivity index (χ3v) is 3.93. The Kier molecular flexibility index (Phi) is 6.46. The van der Waals surface area contributed by atoms with Crippen molar-refractivity contribution < 1.29 is 4.74 Å². The second-order valence-corrected chi connectivity index (χ2v) is 9.08. The predicted molar refractivity (Wildman–Crippen MR) is 103 cm³/mol. The highest BCUT2D eigenvalue weighted by molar-refractivity contribution is 6.69. The molecule has 0 radical (unpaired) electrons. The van der Waals surface area contributed by atoms with Gasteiger partial charge in [-0.05, 0) is 29.8 Å². The van der Waals surface area contributed by atoms with E-state index in [1.807, 2.05) is 30.3 Å².